The second-order valence-corrected chi connectivity index (χ2v) is 4.61. The van der Waals surface area contributed by atoms with Crippen LogP contribution in [0.1, 0.15) is 31.0 Å². The molecule has 1 heterocycles. The fraction of sp³-hybridized carbons (Fsp3) is 0.333. The van der Waals surface area contributed by atoms with Crippen molar-refractivity contribution in [1.29, 1.82) is 0 Å². The van der Waals surface area contributed by atoms with Crippen molar-refractivity contribution < 1.29 is 4.79 Å². The van der Waals surface area contributed by atoms with E-state index in [2.05, 4.69) is 17.3 Å². The third-order valence-electron chi connectivity index (χ3n) is 3.29. The van der Waals surface area contributed by atoms with E-state index >= 15 is 0 Å². The number of nitrogens with one attached hydrogen (secondary N) is 1. The molecule has 100 valence electrons. The average molecular weight is 257 g/mol. The van der Waals surface area contributed by atoms with E-state index in [1.165, 1.54) is 0 Å². The number of anilines is 1. The summed E-state index contributed by atoms with van der Waals surface area (Å²) >= 11 is 0. The molecule has 4 nitrogen and oxygen atoms in total. The first-order valence-electron chi connectivity index (χ1n) is 6.52. The van der Waals surface area contributed by atoms with Gasteiger partial charge in [-0.05, 0) is 37.5 Å². The van der Waals surface area contributed by atoms with Crippen LogP contribution in [0.4, 0.5) is 5.69 Å². The van der Waals surface area contributed by atoms with Gasteiger partial charge >= 0.3 is 0 Å². The van der Waals surface area contributed by atoms with Crippen molar-refractivity contribution in [3.8, 4) is 0 Å². The molecule has 2 rings (SSSR count). The van der Waals surface area contributed by atoms with Gasteiger partial charge in [0.1, 0.15) is 6.04 Å². The predicted molar refractivity (Wildman–Crippen MR) is 76.1 cm³/mol. The molecule has 0 unspecified atom stereocenters. The molecular formula is C15H19N3O. The van der Waals surface area contributed by atoms with E-state index in [0.29, 0.717) is 0 Å². The molecule has 0 saturated carbocycles. The number of para-hydroxylation sites is 1. The molecule has 0 aliphatic rings. The van der Waals surface area contributed by atoms with Crippen LogP contribution in [0.5, 0.6) is 0 Å². The number of aryl methyl sites for hydroxylation is 2. The van der Waals surface area contributed by atoms with Crippen LogP contribution in [0, 0.1) is 6.92 Å². The van der Waals surface area contributed by atoms with Gasteiger partial charge in [0.2, 0.25) is 5.91 Å². The van der Waals surface area contributed by atoms with Gasteiger partial charge in [-0.1, -0.05) is 25.1 Å². The van der Waals surface area contributed by atoms with Crippen molar-refractivity contribution >= 4 is 11.6 Å². The van der Waals surface area contributed by atoms with Gasteiger partial charge < -0.3 is 5.32 Å². The zero-order valence-electron chi connectivity index (χ0n) is 11.6. The number of aromatic nitrogens is 2. The van der Waals surface area contributed by atoms with Crippen LogP contribution < -0.4 is 5.32 Å². The predicted octanol–water partition coefficient (Wildman–Crippen LogP) is 2.95. The molecule has 0 bridgehead atoms. The first-order chi connectivity index (χ1) is 9.13. The molecular weight excluding hydrogens is 238 g/mol. The monoisotopic (exact) mass is 257 g/mol. The maximum atomic E-state index is 12.3. The third-order valence-corrected chi connectivity index (χ3v) is 3.29. The molecule has 1 N–H and O–H groups in total. The summed E-state index contributed by atoms with van der Waals surface area (Å²) in [7, 11) is 0. The van der Waals surface area contributed by atoms with E-state index in [0.717, 1.165) is 23.2 Å². The van der Waals surface area contributed by atoms with Gasteiger partial charge in [-0.15, -0.1) is 0 Å². The van der Waals surface area contributed by atoms with Crippen molar-refractivity contribution in [3.63, 3.8) is 0 Å². The van der Waals surface area contributed by atoms with E-state index in [1.54, 1.807) is 17.1 Å². The van der Waals surface area contributed by atoms with Crippen molar-refractivity contribution in [1.82, 2.24) is 9.78 Å². The van der Waals surface area contributed by atoms with Gasteiger partial charge in [0.15, 0.2) is 0 Å². The summed E-state index contributed by atoms with van der Waals surface area (Å²) in [6, 6.07) is 7.56. The SMILES string of the molecule is CCc1cccc(C)c1NC(=O)[C@H](C)n1cccn1. The maximum Gasteiger partial charge on any atom is 0.248 e. The lowest BCUT2D eigenvalue weighted by Crippen LogP contribution is -2.24. The Balaban J connectivity index is 2.20. The lowest BCUT2D eigenvalue weighted by Gasteiger charge is -2.16. The Labute approximate surface area is 113 Å². The van der Waals surface area contributed by atoms with E-state index in [-0.39, 0.29) is 11.9 Å². The van der Waals surface area contributed by atoms with Crippen LogP contribution in [0.2, 0.25) is 0 Å². The molecule has 1 aromatic carbocycles. The Morgan fingerprint density at radius 1 is 1.42 bits per heavy atom. The van der Waals surface area contributed by atoms with Gasteiger partial charge in [-0.3, -0.25) is 9.48 Å². The molecule has 1 atom stereocenters. The molecule has 2 aromatic rings. The lowest BCUT2D eigenvalue weighted by molar-refractivity contribution is -0.119. The van der Waals surface area contributed by atoms with Gasteiger partial charge in [0.05, 0.1) is 0 Å². The normalized spacial score (nSPS) is 12.2. The summed E-state index contributed by atoms with van der Waals surface area (Å²) < 4.78 is 1.65. The Bertz CT molecular complexity index is 561. The molecule has 1 amide bonds. The number of carbonyl (C=O) groups is 1. The van der Waals surface area contributed by atoms with Crippen molar-refractivity contribution in [2.45, 2.75) is 33.2 Å². The number of amides is 1. The number of hydrogen-bond donors (Lipinski definition) is 1. The summed E-state index contributed by atoms with van der Waals surface area (Å²) in [6.45, 7) is 5.93. The molecule has 0 spiro atoms. The maximum absolute atomic E-state index is 12.3. The van der Waals surface area contributed by atoms with Crippen molar-refractivity contribution in [2.24, 2.45) is 0 Å². The highest BCUT2D eigenvalue weighted by Crippen LogP contribution is 2.22. The van der Waals surface area contributed by atoms with Crippen LogP contribution >= 0.6 is 0 Å². The van der Waals surface area contributed by atoms with Crippen LogP contribution in [-0.2, 0) is 11.2 Å². The standard InChI is InChI=1S/C15H19N3O/c1-4-13-8-5-7-11(2)14(13)17-15(19)12(3)18-10-6-9-16-18/h5-10,12H,4H2,1-3H3,(H,17,19)/t12-/m0/s1. The smallest absolute Gasteiger partial charge is 0.248 e. The lowest BCUT2D eigenvalue weighted by atomic mass is 10.1. The minimum absolute atomic E-state index is 0.0484. The Hall–Kier alpha value is -2.10. The van der Waals surface area contributed by atoms with Gasteiger partial charge in [0, 0.05) is 18.1 Å². The topological polar surface area (TPSA) is 46.9 Å². The number of hydrogen-bond acceptors (Lipinski definition) is 2. The first kappa shape index (κ1) is 13.3. The fourth-order valence-electron chi connectivity index (χ4n) is 2.06. The number of rotatable bonds is 4. The Kier molecular flexibility index (Phi) is 4.00. The molecule has 1 aromatic heterocycles. The van der Waals surface area contributed by atoms with Crippen LogP contribution in [-0.4, -0.2) is 15.7 Å². The molecule has 19 heavy (non-hydrogen) atoms. The van der Waals surface area contributed by atoms with Crippen molar-refractivity contribution in [2.75, 3.05) is 5.32 Å². The van der Waals surface area contributed by atoms with E-state index < -0.39 is 0 Å². The van der Waals surface area contributed by atoms with E-state index in [4.69, 9.17) is 0 Å². The van der Waals surface area contributed by atoms with Gasteiger partial charge in [0.25, 0.3) is 0 Å². The summed E-state index contributed by atoms with van der Waals surface area (Å²) in [5.74, 6) is -0.0484. The summed E-state index contributed by atoms with van der Waals surface area (Å²) in [5.41, 5.74) is 3.16. The van der Waals surface area contributed by atoms with Crippen LogP contribution in [0.3, 0.4) is 0 Å². The minimum atomic E-state index is -0.320. The van der Waals surface area contributed by atoms with Gasteiger partial charge in [-0.25, -0.2) is 0 Å². The molecule has 0 saturated heterocycles. The highest BCUT2D eigenvalue weighted by Gasteiger charge is 2.16. The highest BCUT2D eigenvalue weighted by molar-refractivity contribution is 5.94. The van der Waals surface area contributed by atoms with Crippen molar-refractivity contribution in [3.05, 3.63) is 47.8 Å². The second kappa shape index (κ2) is 5.69. The van der Waals surface area contributed by atoms with Gasteiger partial charge in [-0.2, -0.15) is 5.10 Å². The van der Waals surface area contributed by atoms with Crippen LogP contribution in [0.25, 0.3) is 0 Å². The Morgan fingerprint density at radius 3 is 2.84 bits per heavy atom. The average Bonchev–Trinajstić information content (AvgIpc) is 2.94. The quantitative estimate of drug-likeness (QED) is 0.915. The number of benzene rings is 1. The van der Waals surface area contributed by atoms with E-state index in [1.807, 2.05) is 38.1 Å². The molecule has 0 radical (unpaired) electrons. The molecule has 4 heteroatoms. The molecule has 0 aliphatic carbocycles. The number of nitrogens with zero attached hydrogens (tertiary/aromatic N) is 2. The largest absolute Gasteiger partial charge is 0.324 e. The second-order valence-electron chi connectivity index (χ2n) is 4.61. The van der Waals surface area contributed by atoms with Crippen LogP contribution in [0.15, 0.2) is 36.7 Å². The third kappa shape index (κ3) is 2.84. The summed E-state index contributed by atoms with van der Waals surface area (Å²) in [6.07, 6.45) is 4.37. The fourth-order valence-corrected chi connectivity index (χ4v) is 2.06. The first-order valence-corrected chi connectivity index (χ1v) is 6.52. The highest BCUT2D eigenvalue weighted by atomic mass is 16.2. The Morgan fingerprint density at radius 2 is 2.21 bits per heavy atom. The zero-order chi connectivity index (χ0) is 13.8. The number of carbonyl (C=O) groups excluding carboxylic acids is 1. The minimum Gasteiger partial charge on any atom is -0.324 e. The van der Waals surface area contributed by atoms with E-state index in [9.17, 15) is 4.79 Å². The molecule has 0 fully saturated rings. The summed E-state index contributed by atoms with van der Waals surface area (Å²) in [4.78, 5) is 12.3. The zero-order valence-corrected chi connectivity index (χ0v) is 11.6. The summed E-state index contributed by atoms with van der Waals surface area (Å²) in [5, 5.41) is 7.12. The molecule has 0 aliphatic heterocycles.